The van der Waals surface area contributed by atoms with Crippen molar-refractivity contribution in [1.29, 1.82) is 0 Å². The van der Waals surface area contributed by atoms with E-state index in [2.05, 4.69) is 0 Å². The zero-order valence-electron chi connectivity index (χ0n) is 17.8. The summed E-state index contributed by atoms with van der Waals surface area (Å²) in [6.07, 6.45) is 0. The Morgan fingerprint density at radius 2 is 1.58 bits per heavy atom. The maximum atomic E-state index is 13.1. The van der Waals surface area contributed by atoms with Gasteiger partial charge < -0.3 is 19.1 Å². The third-order valence-electron chi connectivity index (χ3n) is 5.89. The van der Waals surface area contributed by atoms with Crippen molar-refractivity contribution in [3.63, 3.8) is 0 Å². The molecule has 0 saturated carbocycles. The molecular formula is C22H26N2O6S. The van der Waals surface area contributed by atoms with Crippen molar-refractivity contribution in [2.75, 3.05) is 44.3 Å². The van der Waals surface area contributed by atoms with E-state index >= 15 is 0 Å². The van der Waals surface area contributed by atoms with Gasteiger partial charge in [-0.1, -0.05) is 6.07 Å². The molecule has 2 aliphatic rings. The van der Waals surface area contributed by atoms with Gasteiger partial charge in [0, 0.05) is 18.3 Å². The zero-order chi connectivity index (χ0) is 22.2. The number of nitrogens with zero attached hydrogens (tertiary/aromatic N) is 2. The summed E-state index contributed by atoms with van der Waals surface area (Å²) in [6, 6.07) is 12.0. The molecule has 4 rings (SSSR count). The molecule has 0 radical (unpaired) electrons. The molecule has 0 bridgehead atoms. The zero-order valence-corrected chi connectivity index (χ0v) is 18.6. The van der Waals surface area contributed by atoms with Crippen LogP contribution in [0, 0.1) is 0 Å². The molecule has 2 unspecified atom stereocenters. The first-order valence-electron chi connectivity index (χ1n) is 9.96. The number of fused-ring (bicyclic) bond motifs is 1. The van der Waals surface area contributed by atoms with Crippen LogP contribution in [0.15, 0.2) is 42.5 Å². The molecule has 2 saturated heterocycles. The van der Waals surface area contributed by atoms with Crippen molar-refractivity contribution in [3.8, 4) is 17.2 Å². The van der Waals surface area contributed by atoms with E-state index in [1.807, 2.05) is 23.1 Å². The second-order valence-corrected chi connectivity index (χ2v) is 9.92. The molecule has 2 atom stereocenters. The van der Waals surface area contributed by atoms with Crippen molar-refractivity contribution in [1.82, 2.24) is 4.90 Å². The Balaban J connectivity index is 1.63. The quantitative estimate of drug-likeness (QED) is 0.668. The summed E-state index contributed by atoms with van der Waals surface area (Å²) in [5, 5.41) is 0. The largest absolute Gasteiger partial charge is 0.497 e. The lowest BCUT2D eigenvalue weighted by Gasteiger charge is -2.43. The third-order valence-corrected chi connectivity index (χ3v) is 7.58. The summed E-state index contributed by atoms with van der Waals surface area (Å²) in [5.41, 5.74) is 1.61. The van der Waals surface area contributed by atoms with Gasteiger partial charge in [-0.15, -0.1) is 0 Å². The van der Waals surface area contributed by atoms with E-state index in [0.717, 1.165) is 5.56 Å². The van der Waals surface area contributed by atoms with Gasteiger partial charge in [-0.05, 0) is 42.0 Å². The monoisotopic (exact) mass is 446 g/mol. The van der Waals surface area contributed by atoms with Crippen LogP contribution in [0.4, 0.5) is 5.69 Å². The maximum Gasteiger partial charge on any atom is 0.241 e. The molecule has 0 N–H and O–H groups in total. The lowest BCUT2D eigenvalue weighted by Crippen LogP contribution is -2.61. The minimum absolute atomic E-state index is 0.0326. The van der Waals surface area contributed by atoms with Gasteiger partial charge in [0.15, 0.2) is 21.3 Å². The summed E-state index contributed by atoms with van der Waals surface area (Å²) in [6.45, 7) is 0.580. The molecule has 0 aromatic heterocycles. The van der Waals surface area contributed by atoms with Crippen molar-refractivity contribution in [2.45, 2.75) is 18.6 Å². The van der Waals surface area contributed by atoms with E-state index in [4.69, 9.17) is 14.2 Å². The van der Waals surface area contributed by atoms with E-state index in [9.17, 15) is 13.2 Å². The fraction of sp³-hybridized carbons (Fsp3) is 0.409. The average molecular weight is 447 g/mol. The SMILES string of the molecule is COc1ccc(N2C(=O)CN(Cc3ccc(OC)c(OC)c3)C3CS(=O)(=O)CC32)cc1. The number of rotatable bonds is 6. The highest BCUT2D eigenvalue weighted by Gasteiger charge is 2.49. The second-order valence-electron chi connectivity index (χ2n) is 7.77. The van der Waals surface area contributed by atoms with Crippen LogP contribution in [0.3, 0.4) is 0 Å². The predicted octanol–water partition coefficient (Wildman–Crippen LogP) is 1.73. The van der Waals surface area contributed by atoms with Crippen molar-refractivity contribution >= 4 is 21.4 Å². The maximum absolute atomic E-state index is 13.1. The van der Waals surface area contributed by atoms with Gasteiger partial charge >= 0.3 is 0 Å². The van der Waals surface area contributed by atoms with E-state index in [1.165, 1.54) is 0 Å². The molecule has 166 valence electrons. The first-order chi connectivity index (χ1) is 14.8. The van der Waals surface area contributed by atoms with Crippen LogP contribution in [0.5, 0.6) is 17.2 Å². The van der Waals surface area contributed by atoms with Gasteiger partial charge in [-0.2, -0.15) is 0 Å². The van der Waals surface area contributed by atoms with Gasteiger partial charge in [0.25, 0.3) is 0 Å². The van der Waals surface area contributed by atoms with Crippen molar-refractivity contribution in [3.05, 3.63) is 48.0 Å². The Labute approximate surface area is 182 Å². The summed E-state index contributed by atoms with van der Waals surface area (Å²) in [4.78, 5) is 16.7. The fourth-order valence-corrected chi connectivity index (χ4v) is 6.40. The van der Waals surface area contributed by atoms with Crippen LogP contribution < -0.4 is 19.1 Å². The van der Waals surface area contributed by atoms with Crippen molar-refractivity contribution < 1.29 is 27.4 Å². The van der Waals surface area contributed by atoms with Crippen LogP contribution in [0.1, 0.15) is 5.56 Å². The van der Waals surface area contributed by atoms with Gasteiger partial charge in [0.2, 0.25) is 5.91 Å². The molecule has 2 aliphatic heterocycles. The van der Waals surface area contributed by atoms with Gasteiger partial charge in [0.05, 0.1) is 45.4 Å². The summed E-state index contributed by atoms with van der Waals surface area (Å²) >= 11 is 0. The average Bonchev–Trinajstić information content (AvgIpc) is 3.09. The minimum atomic E-state index is -3.26. The number of ether oxygens (including phenoxy) is 3. The number of benzene rings is 2. The molecule has 2 heterocycles. The van der Waals surface area contributed by atoms with Gasteiger partial charge in [-0.25, -0.2) is 8.42 Å². The third kappa shape index (κ3) is 4.20. The smallest absolute Gasteiger partial charge is 0.241 e. The number of piperazine rings is 1. The Hall–Kier alpha value is -2.78. The van der Waals surface area contributed by atoms with Crippen LogP contribution in [0.25, 0.3) is 0 Å². The highest BCUT2D eigenvalue weighted by Crippen LogP contribution is 2.34. The second kappa shape index (κ2) is 8.39. The molecular weight excluding hydrogens is 420 g/mol. The molecule has 0 aliphatic carbocycles. The van der Waals surface area contributed by atoms with E-state index < -0.39 is 15.9 Å². The van der Waals surface area contributed by atoms with Crippen LogP contribution in [-0.4, -0.2) is 70.7 Å². The van der Waals surface area contributed by atoms with Crippen molar-refractivity contribution in [2.24, 2.45) is 0 Å². The molecule has 2 fully saturated rings. The lowest BCUT2D eigenvalue weighted by atomic mass is 10.0. The minimum Gasteiger partial charge on any atom is -0.497 e. The Kier molecular flexibility index (Phi) is 5.81. The Morgan fingerprint density at radius 1 is 0.903 bits per heavy atom. The Morgan fingerprint density at radius 3 is 2.23 bits per heavy atom. The molecule has 31 heavy (non-hydrogen) atoms. The standard InChI is InChI=1S/C22H26N2O6S/c1-28-17-7-5-16(6-8-17)24-19-14-31(26,27)13-18(19)23(12-22(24)25)11-15-4-9-20(29-2)21(10-15)30-3/h4-10,18-19H,11-14H2,1-3H3. The van der Waals surface area contributed by atoms with Crippen LogP contribution >= 0.6 is 0 Å². The molecule has 9 heteroatoms. The summed E-state index contributed by atoms with van der Waals surface area (Å²) in [5.74, 6) is 1.76. The number of hydrogen-bond donors (Lipinski definition) is 0. The molecule has 2 aromatic rings. The highest BCUT2D eigenvalue weighted by atomic mass is 32.2. The Bertz CT molecular complexity index is 1070. The van der Waals surface area contributed by atoms with Gasteiger partial charge in [-0.3, -0.25) is 9.69 Å². The van der Waals surface area contributed by atoms with E-state index in [-0.39, 0.29) is 30.0 Å². The number of amides is 1. The first-order valence-corrected chi connectivity index (χ1v) is 11.8. The first kappa shape index (κ1) is 21.5. The molecule has 0 spiro atoms. The topological polar surface area (TPSA) is 85.4 Å². The lowest BCUT2D eigenvalue weighted by molar-refractivity contribution is -0.123. The number of methoxy groups -OCH3 is 3. The molecule has 2 aromatic carbocycles. The number of sulfone groups is 1. The summed E-state index contributed by atoms with van der Waals surface area (Å²) in [7, 11) is 1.46. The van der Waals surface area contributed by atoms with E-state index in [1.54, 1.807) is 50.5 Å². The number of carbonyl (C=O) groups is 1. The normalized spacial score (nSPS) is 22.8. The summed E-state index contributed by atoms with van der Waals surface area (Å²) < 4.78 is 40.9. The number of carbonyl (C=O) groups excluding carboxylic acids is 1. The number of anilines is 1. The molecule has 8 nitrogen and oxygen atoms in total. The molecule has 1 amide bonds. The predicted molar refractivity (Wildman–Crippen MR) is 117 cm³/mol. The van der Waals surface area contributed by atoms with E-state index in [0.29, 0.717) is 29.5 Å². The fourth-order valence-electron chi connectivity index (χ4n) is 4.42. The highest BCUT2D eigenvalue weighted by molar-refractivity contribution is 7.91. The van der Waals surface area contributed by atoms with Crippen LogP contribution in [-0.2, 0) is 21.2 Å². The van der Waals surface area contributed by atoms with Gasteiger partial charge in [0.1, 0.15) is 5.75 Å². The van der Waals surface area contributed by atoms with Crippen LogP contribution in [0.2, 0.25) is 0 Å². The number of hydrogen-bond acceptors (Lipinski definition) is 7.